The molecule has 346 valence electrons. The van der Waals surface area contributed by atoms with Crippen molar-refractivity contribution in [2.45, 2.75) is 155 Å². The Labute approximate surface area is 384 Å². The lowest BCUT2D eigenvalue weighted by Crippen LogP contribution is -2.67. The molecule has 5 rings (SSSR count). The van der Waals surface area contributed by atoms with E-state index in [1.807, 2.05) is 77.1 Å². The van der Waals surface area contributed by atoms with Crippen LogP contribution < -0.4 is 10.4 Å². The van der Waals surface area contributed by atoms with Crippen molar-refractivity contribution in [3.05, 3.63) is 145 Å². The zero-order valence-corrected chi connectivity index (χ0v) is 41.1. The Morgan fingerprint density at radius 2 is 1.50 bits per heavy atom. The van der Waals surface area contributed by atoms with Gasteiger partial charge in [0.1, 0.15) is 17.9 Å². The third kappa shape index (κ3) is 14.0. The minimum Gasteiger partial charge on any atom is -0.461 e. The third-order valence-corrected chi connectivity index (χ3v) is 16.7. The molecule has 3 aromatic carbocycles. The van der Waals surface area contributed by atoms with Gasteiger partial charge in [0.05, 0.1) is 43.7 Å². The Morgan fingerprint density at radius 1 is 0.906 bits per heavy atom. The Hall–Kier alpha value is -4.58. The molecule has 0 bridgehead atoms. The Kier molecular flexibility index (Phi) is 17.4. The van der Waals surface area contributed by atoms with Crippen LogP contribution in [0.25, 0.3) is 0 Å². The normalized spacial score (nSPS) is 21.2. The molecule has 2 heterocycles. The molecule has 0 radical (unpaired) electrons. The van der Waals surface area contributed by atoms with Crippen molar-refractivity contribution in [2.24, 2.45) is 0 Å². The number of nitrogens with zero attached hydrogens (tertiary/aromatic N) is 1. The maximum atomic E-state index is 14.2. The predicted molar refractivity (Wildman–Crippen MR) is 259 cm³/mol. The monoisotopic (exact) mass is 892 g/mol. The van der Waals surface area contributed by atoms with E-state index < -0.39 is 31.8 Å². The number of hydrogen-bond acceptors (Lipinski definition) is 8. The summed E-state index contributed by atoms with van der Waals surface area (Å²) in [5, 5.41) is 2.08. The van der Waals surface area contributed by atoms with Crippen LogP contribution in [0, 0.1) is 0 Å². The Bertz CT molecular complexity index is 2030. The average molecular weight is 892 g/mol. The first-order valence-corrected chi connectivity index (χ1v) is 24.6. The largest absolute Gasteiger partial charge is 0.461 e. The highest BCUT2D eigenvalue weighted by Gasteiger charge is 2.55. The fourth-order valence-corrected chi connectivity index (χ4v) is 13.5. The fourth-order valence-electron chi connectivity index (χ4n) is 8.93. The number of ether oxygens (including phenoxy) is 5. The van der Waals surface area contributed by atoms with Gasteiger partial charge < -0.3 is 28.1 Å². The summed E-state index contributed by atoms with van der Waals surface area (Å²) in [6.45, 7) is 29.2. The van der Waals surface area contributed by atoms with Gasteiger partial charge in [-0.25, -0.2) is 4.79 Å². The van der Waals surface area contributed by atoms with Crippen LogP contribution >= 0.6 is 0 Å². The van der Waals surface area contributed by atoms with Gasteiger partial charge in [-0.2, -0.15) is 0 Å². The van der Waals surface area contributed by atoms with Crippen molar-refractivity contribution in [2.75, 3.05) is 13.2 Å². The van der Waals surface area contributed by atoms with E-state index in [2.05, 4.69) is 108 Å². The molecule has 64 heavy (non-hydrogen) atoms. The first kappa shape index (κ1) is 50.4. The molecule has 9 nitrogen and oxygen atoms in total. The zero-order valence-electron chi connectivity index (χ0n) is 40.1. The lowest BCUT2D eigenvalue weighted by molar-refractivity contribution is -0.140. The van der Waals surface area contributed by atoms with Crippen molar-refractivity contribution >= 4 is 30.8 Å². The van der Waals surface area contributed by atoms with E-state index in [0.717, 1.165) is 35.1 Å². The number of rotatable bonds is 18. The second kappa shape index (κ2) is 22.1. The highest BCUT2D eigenvalue weighted by molar-refractivity contribution is 6.99. The van der Waals surface area contributed by atoms with Crippen LogP contribution in [0.15, 0.2) is 139 Å². The molecule has 2 aliphatic rings. The summed E-state index contributed by atoms with van der Waals surface area (Å²) in [5.41, 5.74) is 2.42. The molecular formula is C54H73NO8Si. The number of hydrogen-bond donors (Lipinski definition) is 0. The van der Waals surface area contributed by atoms with Gasteiger partial charge in [0, 0.05) is 13.3 Å². The van der Waals surface area contributed by atoms with E-state index in [9.17, 15) is 9.59 Å². The zero-order chi connectivity index (χ0) is 46.7. The standard InChI is InChI=1S/C54H73NO8Si/c1-39-31-45(26-22-25-44(34-41(3)36-58-42(4)56)59-37-43-23-16-13-17-24-43)61-46(32-39)33-40(2)35-50-49(55(54(11,12)62-50)51(57)63-52(5,6)7)38-60-64(53(8,9)10,47-27-18-14-19-28-47)48-29-20-15-21-30-48/h13-25,27-30,33,44-46,49-50H,1,3,26,31-32,34-38H2,2,4-12H3/b25-22+,40-33+/t44?,45-,46-,49-,50-/m0/s1. The van der Waals surface area contributed by atoms with Gasteiger partial charge in [0.25, 0.3) is 8.32 Å². The molecule has 0 aromatic heterocycles. The summed E-state index contributed by atoms with van der Waals surface area (Å²) >= 11 is 0. The van der Waals surface area contributed by atoms with Crippen LogP contribution in [0.1, 0.15) is 107 Å². The van der Waals surface area contributed by atoms with E-state index >= 15 is 0 Å². The van der Waals surface area contributed by atoms with Crippen molar-refractivity contribution in [1.82, 2.24) is 4.90 Å². The van der Waals surface area contributed by atoms with Gasteiger partial charge in [-0.05, 0) is 93.8 Å². The van der Waals surface area contributed by atoms with E-state index in [4.69, 9.17) is 28.1 Å². The number of esters is 1. The average Bonchev–Trinajstić information content (AvgIpc) is 3.47. The number of benzene rings is 3. The van der Waals surface area contributed by atoms with Crippen molar-refractivity contribution < 1.29 is 37.7 Å². The van der Waals surface area contributed by atoms with Crippen molar-refractivity contribution in [3.63, 3.8) is 0 Å². The molecule has 0 saturated carbocycles. The smallest absolute Gasteiger partial charge is 0.412 e. The first-order valence-electron chi connectivity index (χ1n) is 22.7. The molecule has 2 aliphatic heterocycles. The van der Waals surface area contributed by atoms with Gasteiger partial charge in [-0.15, -0.1) is 0 Å². The lowest BCUT2D eigenvalue weighted by atomic mass is 9.94. The molecule has 2 saturated heterocycles. The summed E-state index contributed by atoms with van der Waals surface area (Å²) in [4.78, 5) is 27.4. The van der Waals surface area contributed by atoms with Crippen LogP contribution in [0.5, 0.6) is 0 Å². The van der Waals surface area contributed by atoms with Gasteiger partial charge in [0.15, 0.2) is 0 Å². The molecular weight excluding hydrogens is 819 g/mol. The molecule has 3 aromatic rings. The molecule has 0 spiro atoms. The quantitative estimate of drug-likeness (QED) is 0.0708. The molecule has 5 atom stereocenters. The Morgan fingerprint density at radius 3 is 2.06 bits per heavy atom. The topological polar surface area (TPSA) is 92.8 Å². The van der Waals surface area contributed by atoms with Crippen LogP contribution in [0.3, 0.4) is 0 Å². The summed E-state index contributed by atoms with van der Waals surface area (Å²) in [6.07, 6.45) is 8.30. The van der Waals surface area contributed by atoms with Crippen LogP contribution in [-0.2, 0) is 39.5 Å². The summed E-state index contributed by atoms with van der Waals surface area (Å²) < 4.78 is 38.6. The van der Waals surface area contributed by atoms with Crippen molar-refractivity contribution in [1.29, 1.82) is 0 Å². The SMILES string of the molecule is C=C(COC(C)=O)CC(/C=C/C[C@H]1CC(=C)C[C@@H](/C=C(\C)C[C@@H]2OC(C)(C)N(C(=O)OC(C)(C)C)[C@H]2CO[Si](c2ccccc2)(c2ccccc2)C(C)(C)C)O1)OCc1ccccc1. The van der Waals surface area contributed by atoms with E-state index in [1.165, 1.54) is 17.3 Å². The molecule has 0 N–H and O–H groups in total. The van der Waals surface area contributed by atoms with Crippen molar-refractivity contribution in [3.8, 4) is 0 Å². The summed E-state index contributed by atoms with van der Waals surface area (Å²) in [6, 6.07) is 30.7. The second-order valence-electron chi connectivity index (χ2n) is 19.9. The molecule has 1 amide bonds. The van der Waals surface area contributed by atoms with E-state index in [-0.39, 0.29) is 48.6 Å². The third-order valence-electron chi connectivity index (χ3n) is 11.7. The Balaban J connectivity index is 1.35. The highest BCUT2D eigenvalue weighted by Crippen LogP contribution is 2.41. The van der Waals surface area contributed by atoms with Gasteiger partial charge >= 0.3 is 12.1 Å². The number of carbonyl (C=O) groups is 2. The second-order valence-corrected chi connectivity index (χ2v) is 24.2. The fraction of sp³-hybridized carbons (Fsp3) is 0.481. The van der Waals surface area contributed by atoms with Crippen LogP contribution in [0.4, 0.5) is 4.79 Å². The lowest BCUT2D eigenvalue weighted by Gasteiger charge is -2.44. The maximum absolute atomic E-state index is 14.2. The van der Waals surface area contributed by atoms with Gasteiger partial charge in [0.2, 0.25) is 0 Å². The first-order chi connectivity index (χ1) is 30.2. The minimum atomic E-state index is -2.96. The summed E-state index contributed by atoms with van der Waals surface area (Å²) in [5.74, 6) is -0.338. The van der Waals surface area contributed by atoms with Gasteiger partial charge in [-0.3, -0.25) is 9.69 Å². The van der Waals surface area contributed by atoms with Crippen LogP contribution in [-0.4, -0.2) is 80.3 Å². The summed E-state index contributed by atoms with van der Waals surface area (Å²) in [7, 11) is -2.96. The molecule has 0 aliphatic carbocycles. The molecule has 10 heteroatoms. The number of amides is 1. The van der Waals surface area contributed by atoms with Gasteiger partial charge in [-0.1, -0.05) is 154 Å². The van der Waals surface area contributed by atoms with Crippen LogP contribution in [0.2, 0.25) is 5.04 Å². The van der Waals surface area contributed by atoms with E-state index in [0.29, 0.717) is 25.9 Å². The maximum Gasteiger partial charge on any atom is 0.412 e. The highest BCUT2D eigenvalue weighted by atomic mass is 28.4. The van der Waals surface area contributed by atoms with E-state index in [1.54, 1.807) is 4.90 Å². The molecule has 1 unspecified atom stereocenters. The predicted octanol–water partition coefficient (Wildman–Crippen LogP) is 10.8. The number of carbonyl (C=O) groups excluding carboxylic acids is 2. The minimum absolute atomic E-state index is 0.0671. The molecule has 2 fully saturated rings.